The summed E-state index contributed by atoms with van der Waals surface area (Å²) in [7, 11) is 0. The van der Waals surface area contributed by atoms with Gasteiger partial charge in [0.25, 0.3) is 0 Å². The summed E-state index contributed by atoms with van der Waals surface area (Å²) in [5, 5.41) is 3.16. The van der Waals surface area contributed by atoms with Gasteiger partial charge in [0.15, 0.2) is 0 Å². The van der Waals surface area contributed by atoms with Crippen LogP contribution in [0.2, 0.25) is 0 Å². The highest BCUT2D eigenvalue weighted by atomic mass is 19.1. The number of anilines is 1. The highest BCUT2D eigenvalue weighted by Crippen LogP contribution is 2.12. The van der Waals surface area contributed by atoms with E-state index in [0.29, 0.717) is 13.1 Å². The number of halogens is 1. The number of nitrogens with one attached hydrogen (secondary N) is 1. The van der Waals surface area contributed by atoms with Gasteiger partial charge in [0, 0.05) is 17.8 Å². The Labute approximate surface area is 93.1 Å². The van der Waals surface area contributed by atoms with Crippen molar-refractivity contribution < 1.29 is 8.81 Å². The first-order chi connectivity index (χ1) is 7.78. The second-order valence-electron chi connectivity index (χ2n) is 3.49. The molecule has 1 aromatic carbocycles. The Balaban J connectivity index is 1.94. The van der Waals surface area contributed by atoms with E-state index in [4.69, 9.17) is 10.2 Å². The quantitative estimate of drug-likeness (QED) is 0.832. The molecule has 0 radical (unpaired) electrons. The van der Waals surface area contributed by atoms with Crippen LogP contribution in [0.4, 0.5) is 10.1 Å². The number of nitrogens with two attached hydrogens (primary N) is 1. The van der Waals surface area contributed by atoms with Gasteiger partial charge in [-0.15, -0.1) is 0 Å². The molecule has 0 aliphatic heterocycles. The standard InChI is InChI=1S/C12H13FN2O/c13-10-1-3-11(4-2-10)15-7-9-5-12(6-14)16-8-9/h1-5,8,15H,6-7,14H2. The molecule has 0 aliphatic carbocycles. The topological polar surface area (TPSA) is 51.2 Å². The summed E-state index contributed by atoms with van der Waals surface area (Å²) in [5.74, 6) is 0.523. The van der Waals surface area contributed by atoms with Crippen LogP contribution in [0.1, 0.15) is 11.3 Å². The molecule has 3 nitrogen and oxygen atoms in total. The van der Waals surface area contributed by atoms with Crippen molar-refractivity contribution in [2.75, 3.05) is 5.32 Å². The molecule has 0 aliphatic rings. The molecule has 0 unspecified atom stereocenters. The van der Waals surface area contributed by atoms with Crippen molar-refractivity contribution in [3.63, 3.8) is 0 Å². The van der Waals surface area contributed by atoms with Crippen molar-refractivity contribution in [1.29, 1.82) is 0 Å². The second kappa shape index (κ2) is 4.81. The highest BCUT2D eigenvalue weighted by Gasteiger charge is 2.00. The van der Waals surface area contributed by atoms with Crippen LogP contribution in [0.3, 0.4) is 0 Å². The van der Waals surface area contributed by atoms with Crippen molar-refractivity contribution in [3.05, 3.63) is 53.7 Å². The first-order valence-corrected chi connectivity index (χ1v) is 5.04. The van der Waals surface area contributed by atoms with Crippen LogP contribution >= 0.6 is 0 Å². The van der Waals surface area contributed by atoms with E-state index in [-0.39, 0.29) is 5.82 Å². The molecule has 1 aromatic heterocycles. The fourth-order valence-corrected chi connectivity index (χ4v) is 1.40. The van der Waals surface area contributed by atoms with Crippen molar-refractivity contribution in [1.82, 2.24) is 0 Å². The molecule has 0 fully saturated rings. The molecule has 0 saturated heterocycles. The molecule has 0 spiro atoms. The minimum atomic E-state index is -0.237. The van der Waals surface area contributed by atoms with Gasteiger partial charge in [0.1, 0.15) is 11.6 Å². The lowest BCUT2D eigenvalue weighted by Gasteiger charge is -2.03. The number of hydrogen-bond donors (Lipinski definition) is 2. The maximum absolute atomic E-state index is 12.6. The van der Waals surface area contributed by atoms with Crippen molar-refractivity contribution in [2.45, 2.75) is 13.1 Å². The first-order valence-electron chi connectivity index (χ1n) is 5.04. The van der Waals surface area contributed by atoms with Gasteiger partial charge in [-0.25, -0.2) is 4.39 Å². The molecule has 84 valence electrons. The molecule has 1 heterocycles. The predicted molar refractivity (Wildman–Crippen MR) is 60.3 cm³/mol. The van der Waals surface area contributed by atoms with E-state index in [1.807, 2.05) is 6.07 Å². The molecule has 0 atom stereocenters. The van der Waals surface area contributed by atoms with E-state index in [0.717, 1.165) is 17.0 Å². The fourth-order valence-electron chi connectivity index (χ4n) is 1.40. The predicted octanol–water partition coefficient (Wildman–Crippen LogP) is 2.49. The van der Waals surface area contributed by atoms with E-state index in [2.05, 4.69) is 5.32 Å². The molecule has 2 rings (SSSR count). The van der Waals surface area contributed by atoms with Crippen LogP contribution in [-0.4, -0.2) is 0 Å². The van der Waals surface area contributed by atoms with Gasteiger partial charge in [-0.1, -0.05) is 0 Å². The lowest BCUT2D eigenvalue weighted by atomic mass is 10.2. The largest absolute Gasteiger partial charge is 0.468 e. The molecule has 2 aromatic rings. The zero-order valence-electron chi connectivity index (χ0n) is 8.74. The van der Waals surface area contributed by atoms with Crippen molar-refractivity contribution >= 4 is 5.69 Å². The Morgan fingerprint density at radius 2 is 2.00 bits per heavy atom. The average molecular weight is 220 g/mol. The lowest BCUT2D eigenvalue weighted by Crippen LogP contribution is -1.98. The zero-order chi connectivity index (χ0) is 11.4. The highest BCUT2D eigenvalue weighted by molar-refractivity contribution is 5.43. The van der Waals surface area contributed by atoms with Crippen LogP contribution in [0.15, 0.2) is 41.0 Å². The van der Waals surface area contributed by atoms with E-state index in [1.54, 1.807) is 18.4 Å². The molecular formula is C12H13FN2O. The van der Waals surface area contributed by atoms with E-state index in [1.165, 1.54) is 12.1 Å². The molecule has 0 saturated carbocycles. The van der Waals surface area contributed by atoms with Crippen LogP contribution in [0.25, 0.3) is 0 Å². The van der Waals surface area contributed by atoms with Crippen LogP contribution in [0, 0.1) is 5.82 Å². The van der Waals surface area contributed by atoms with Gasteiger partial charge in [-0.2, -0.15) is 0 Å². The molecule has 3 N–H and O–H groups in total. The fraction of sp³-hybridized carbons (Fsp3) is 0.167. The Hall–Kier alpha value is -1.81. The van der Waals surface area contributed by atoms with E-state index in [9.17, 15) is 4.39 Å². The normalized spacial score (nSPS) is 10.4. The van der Waals surface area contributed by atoms with Crippen molar-refractivity contribution in [2.24, 2.45) is 5.73 Å². The molecule has 16 heavy (non-hydrogen) atoms. The van der Waals surface area contributed by atoms with E-state index >= 15 is 0 Å². The monoisotopic (exact) mass is 220 g/mol. The van der Waals surface area contributed by atoms with Gasteiger partial charge >= 0.3 is 0 Å². The summed E-state index contributed by atoms with van der Waals surface area (Å²) in [6.07, 6.45) is 1.67. The Kier molecular flexibility index (Phi) is 3.22. The minimum Gasteiger partial charge on any atom is -0.468 e. The van der Waals surface area contributed by atoms with Gasteiger partial charge in [-0.05, 0) is 30.3 Å². The third-order valence-electron chi connectivity index (χ3n) is 2.25. The second-order valence-corrected chi connectivity index (χ2v) is 3.49. The summed E-state index contributed by atoms with van der Waals surface area (Å²) in [5.41, 5.74) is 7.32. The van der Waals surface area contributed by atoms with Gasteiger partial charge in [0.2, 0.25) is 0 Å². The Morgan fingerprint density at radius 3 is 2.62 bits per heavy atom. The van der Waals surface area contributed by atoms with Crippen LogP contribution < -0.4 is 11.1 Å². The lowest BCUT2D eigenvalue weighted by molar-refractivity contribution is 0.510. The van der Waals surface area contributed by atoms with Gasteiger partial charge in [-0.3, -0.25) is 0 Å². The average Bonchev–Trinajstić information content (AvgIpc) is 2.76. The summed E-state index contributed by atoms with van der Waals surface area (Å²) >= 11 is 0. The SMILES string of the molecule is NCc1cc(CNc2ccc(F)cc2)co1. The summed E-state index contributed by atoms with van der Waals surface area (Å²) < 4.78 is 17.8. The van der Waals surface area contributed by atoms with Crippen LogP contribution in [0.5, 0.6) is 0 Å². The summed E-state index contributed by atoms with van der Waals surface area (Å²) in [4.78, 5) is 0. The number of rotatable bonds is 4. The van der Waals surface area contributed by atoms with Crippen molar-refractivity contribution in [3.8, 4) is 0 Å². The first kappa shape index (κ1) is 10.7. The molecule has 4 heteroatoms. The smallest absolute Gasteiger partial charge is 0.123 e. The number of furan rings is 1. The Morgan fingerprint density at radius 1 is 1.25 bits per heavy atom. The summed E-state index contributed by atoms with van der Waals surface area (Å²) in [6, 6.07) is 8.13. The third-order valence-corrected chi connectivity index (χ3v) is 2.25. The van der Waals surface area contributed by atoms with Gasteiger partial charge < -0.3 is 15.5 Å². The molecular weight excluding hydrogens is 207 g/mol. The maximum Gasteiger partial charge on any atom is 0.123 e. The molecule has 0 bridgehead atoms. The maximum atomic E-state index is 12.6. The van der Waals surface area contributed by atoms with Crippen LogP contribution in [-0.2, 0) is 13.1 Å². The zero-order valence-corrected chi connectivity index (χ0v) is 8.74. The third kappa shape index (κ3) is 2.61. The minimum absolute atomic E-state index is 0.237. The summed E-state index contributed by atoms with van der Waals surface area (Å²) in [6.45, 7) is 1.03. The number of benzene rings is 1. The molecule has 0 amide bonds. The van der Waals surface area contributed by atoms with E-state index < -0.39 is 0 Å². The van der Waals surface area contributed by atoms with Gasteiger partial charge in [0.05, 0.1) is 12.8 Å². The Bertz CT molecular complexity index is 450. The number of hydrogen-bond acceptors (Lipinski definition) is 3.